The van der Waals surface area contributed by atoms with Gasteiger partial charge in [-0.25, -0.2) is 0 Å². The van der Waals surface area contributed by atoms with Crippen LogP contribution in [0.4, 0.5) is 5.69 Å². The summed E-state index contributed by atoms with van der Waals surface area (Å²) in [4.78, 5) is 11.6. The number of hydrogen-bond acceptors (Lipinski definition) is 3. The lowest BCUT2D eigenvalue weighted by Crippen LogP contribution is -2.26. The Morgan fingerprint density at radius 2 is 2.29 bits per heavy atom. The second-order valence-corrected chi connectivity index (χ2v) is 4.16. The summed E-state index contributed by atoms with van der Waals surface area (Å²) >= 11 is 0. The number of carbonyl (C=O) groups excluding carboxylic acids is 1. The molecule has 0 aliphatic rings. The van der Waals surface area contributed by atoms with Crippen LogP contribution in [0.5, 0.6) is 0 Å². The Kier molecular flexibility index (Phi) is 5.66. The van der Waals surface area contributed by atoms with Gasteiger partial charge in [-0.2, -0.15) is 0 Å². The molecule has 0 saturated heterocycles. The van der Waals surface area contributed by atoms with Gasteiger partial charge in [0.2, 0.25) is 5.91 Å². The number of amides is 1. The topological polar surface area (TPSA) is 75.4 Å². The second kappa shape index (κ2) is 7.04. The maximum absolute atomic E-state index is 11.6. The SMILES string of the molecule is CCCC(N)CC(=O)Nc1cccc(CO)c1. The lowest BCUT2D eigenvalue weighted by molar-refractivity contribution is -0.116. The fourth-order valence-corrected chi connectivity index (χ4v) is 1.67. The first kappa shape index (κ1) is 13.7. The lowest BCUT2D eigenvalue weighted by atomic mass is 10.1. The molecular formula is C13H20N2O2. The summed E-state index contributed by atoms with van der Waals surface area (Å²) in [7, 11) is 0. The molecule has 0 aliphatic heterocycles. The molecule has 1 amide bonds. The van der Waals surface area contributed by atoms with Gasteiger partial charge in [-0.15, -0.1) is 0 Å². The largest absolute Gasteiger partial charge is 0.392 e. The van der Waals surface area contributed by atoms with E-state index in [4.69, 9.17) is 10.8 Å². The highest BCUT2D eigenvalue weighted by Crippen LogP contribution is 2.11. The third-order valence-corrected chi connectivity index (χ3v) is 2.50. The minimum atomic E-state index is -0.0824. The van der Waals surface area contributed by atoms with Gasteiger partial charge >= 0.3 is 0 Å². The number of aliphatic hydroxyl groups is 1. The molecule has 1 atom stereocenters. The van der Waals surface area contributed by atoms with Crippen molar-refractivity contribution in [3.8, 4) is 0 Å². The average molecular weight is 236 g/mol. The third kappa shape index (κ3) is 4.97. The molecule has 0 bridgehead atoms. The molecule has 1 aromatic rings. The van der Waals surface area contributed by atoms with Gasteiger partial charge in [-0.1, -0.05) is 25.5 Å². The van der Waals surface area contributed by atoms with E-state index in [1.165, 1.54) is 0 Å². The number of carbonyl (C=O) groups is 1. The third-order valence-electron chi connectivity index (χ3n) is 2.50. The molecule has 0 aromatic heterocycles. The number of hydrogen-bond donors (Lipinski definition) is 3. The van der Waals surface area contributed by atoms with Crippen LogP contribution in [0, 0.1) is 0 Å². The van der Waals surface area contributed by atoms with Gasteiger partial charge in [0.05, 0.1) is 6.61 Å². The molecule has 1 rings (SSSR count). The molecule has 0 spiro atoms. The Morgan fingerprint density at radius 1 is 1.53 bits per heavy atom. The second-order valence-electron chi connectivity index (χ2n) is 4.16. The molecule has 0 radical (unpaired) electrons. The number of nitrogens with one attached hydrogen (secondary N) is 1. The van der Waals surface area contributed by atoms with E-state index in [9.17, 15) is 4.79 Å². The standard InChI is InChI=1S/C13H20N2O2/c1-2-4-11(14)8-13(17)15-12-6-3-5-10(7-12)9-16/h3,5-7,11,16H,2,4,8-9,14H2,1H3,(H,15,17). The first-order chi connectivity index (χ1) is 8.15. The summed E-state index contributed by atoms with van der Waals surface area (Å²) in [5, 5.41) is 11.8. The molecule has 0 heterocycles. The van der Waals surface area contributed by atoms with Crippen LogP contribution >= 0.6 is 0 Å². The highest BCUT2D eigenvalue weighted by Gasteiger charge is 2.08. The fraction of sp³-hybridized carbons (Fsp3) is 0.462. The Labute approximate surface area is 102 Å². The maximum Gasteiger partial charge on any atom is 0.225 e. The Balaban J connectivity index is 2.49. The number of nitrogens with two attached hydrogens (primary N) is 1. The molecule has 17 heavy (non-hydrogen) atoms. The minimum Gasteiger partial charge on any atom is -0.392 e. The predicted molar refractivity (Wildman–Crippen MR) is 68.5 cm³/mol. The quantitative estimate of drug-likeness (QED) is 0.702. The van der Waals surface area contributed by atoms with Gasteiger partial charge in [0.1, 0.15) is 0 Å². The van der Waals surface area contributed by atoms with E-state index < -0.39 is 0 Å². The normalized spacial score (nSPS) is 12.2. The van der Waals surface area contributed by atoms with Crippen LogP contribution in [0.1, 0.15) is 31.7 Å². The molecule has 4 heteroatoms. The van der Waals surface area contributed by atoms with Crippen molar-refractivity contribution in [2.75, 3.05) is 5.32 Å². The van der Waals surface area contributed by atoms with Crippen molar-refractivity contribution in [3.63, 3.8) is 0 Å². The van der Waals surface area contributed by atoms with Crippen molar-refractivity contribution < 1.29 is 9.90 Å². The number of benzene rings is 1. The summed E-state index contributed by atoms with van der Waals surface area (Å²) in [6.45, 7) is 2.02. The highest BCUT2D eigenvalue weighted by atomic mass is 16.3. The van der Waals surface area contributed by atoms with Crippen molar-refractivity contribution in [1.29, 1.82) is 0 Å². The van der Waals surface area contributed by atoms with E-state index in [0.717, 1.165) is 18.4 Å². The Morgan fingerprint density at radius 3 is 2.94 bits per heavy atom. The van der Waals surface area contributed by atoms with Gasteiger partial charge in [0, 0.05) is 18.2 Å². The molecule has 0 aliphatic carbocycles. The van der Waals surface area contributed by atoms with Crippen molar-refractivity contribution in [3.05, 3.63) is 29.8 Å². The molecule has 1 unspecified atom stereocenters. The Bertz CT molecular complexity index is 366. The van der Waals surface area contributed by atoms with Gasteiger partial charge < -0.3 is 16.2 Å². The number of anilines is 1. The van der Waals surface area contributed by atoms with Crippen molar-refractivity contribution in [1.82, 2.24) is 0 Å². The summed E-state index contributed by atoms with van der Waals surface area (Å²) in [6.07, 6.45) is 2.16. The van der Waals surface area contributed by atoms with Crippen LogP contribution in [-0.2, 0) is 11.4 Å². The van der Waals surface area contributed by atoms with Crippen LogP contribution in [0.3, 0.4) is 0 Å². The molecule has 4 nitrogen and oxygen atoms in total. The fourth-order valence-electron chi connectivity index (χ4n) is 1.67. The van der Waals surface area contributed by atoms with Crippen molar-refractivity contribution >= 4 is 11.6 Å². The van der Waals surface area contributed by atoms with E-state index in [1.54, 1.807) is 24.3 Å². The minimum absolute atomic E-state index is 0.0287. The van der Waals surface area contributed by atoms with Gasteiger partial charge in [-0.3, -0.25) is 4.79 Å². The summed E-state index contributed by atoms with van der Waals surface area (Å²) < 4.78 is 0. The van der Waals surface area contributed by atoms with E-state index in [1.807, 2.05) is 6.92 Å². The zero-order chi connectivity index (χ0) is 12.7. The highest BCUT2D eigenvalue weighted by molar-refractivity contribution is 5.91. The van der Waals surface area contributed by atoms with Crippen molar-refractivity contribution in [2.45, 2.75) is 38.8 Å². The monoisotopic (exact) mass is 236 g/mol. The molecule has 94 valence electrons. The maximum atomic E-state index is 11.6. The average Bonchev–Trinajstić information content (AvgIpc) is 2.29. The van der Waals surface area contributed by atoms with Crippen LogP contribution in [0.15, 0.2) is 24.3 Å². The number of aliphatic hydroxyl groups excluding tert-OH is 1. The zero-order valence-electron chi connectivity index (χ0n) is 10.1. The first-order valence-electron chi connectivity index (χ1n) is 5.91. The van der Waals surface area contributed by atoms with Gasteiger partial charge in [0.15, 0.2) is 0 Å². The molecule has 0 fully saturated rings. The predicted octanol–water partition coefficient (Wildman–Crippen LogP) is 1.63. The van der Waals surface area contributed by atoms with Crippen LogP contribution in [-0.4, -0.2) is 17.1 Å². The smallest absolute Gasteiger partial charge is 0.225 e. The van der Waals surface area contributed by atoms with Crippen LogP contribution in [0.25, 0.3) is 0 Å². The van der Waals surface area contributed by atoms with Crippen LogP contribution < -0.4 is 11.1 Å². The summed E-state index contributed by atoms with van der Waals surface area (Å²) in [6, 6.07) is 7.07. The lowest BCUT2D eigenvalue weighted by Gasteiger charge is -2.11. The summed E-state index contributed by atoms with van der Waals surface area (Å²) in [5.41, 5.74) is 7.27. The first-order valence-corrected chi connectivity index (χ1v) is 5.91. The van der Waals surface area contributed by atoms with Crippen molar-refractivity contribution in [2.24, 2.45) is 5.73 Å². The summed E-state index contributed by atoms with van der Waals surface area (Å²) in [5.74, 6) is -0.0824. The van der Waals surface area contributed by atoms with E-state index in [2.05, 4.69) is 5.32 Å². The molecule has 0 saturated carbocycles. The van der Waals surface area contributed by atoms with Gasteiger partial charge in [0.25, 0.3) is 0 Å². The zero-order valence-corrected chi connectivity index (χ0v) is 10.1. The van der Waals surface area contributed by atoms with E-state index in [-0.39, 0.29) is 18.6 Å². The van der Waals surface area contributed by atoms with Gasteiger partial charge in [-0.05, 0) is 24.1 Å². The molecule has 1 aromatic carbocycles. The van der Waals surface area contributed by atoms with E-state index in [0.29, 0.717) is 12.1 Å². The van der Waals surface area contributed by atoms with Crippen LogP contribution in [0.2, 0.25) is 0 Å². The Hall–Kier alpha value is -1.39. The number of rotatable bonds is 6. The van der Waals surface area contributed by atoms with E-state index >= 15 is 0 Å². The molecular weight excluding hydrogens is 216 g/mol. The molecule has 4 N–H and O–H groups in total.